The molecule has 0 radical (unpaired) electrons. The summed E-state index contributed by atoms with van der Waals surface area (Å²) in [6.45, 7) is 7.37. The number of hydrogen-bond acceptors (Lipinski definition) is 4. The molecule has 0 aliphatic heterocycles. The number of sulfonamides is 1. The summed E-state index contributed by atoms with van der Waals surface area (Å²) in [5.74, 6) is 0. The second-order valence-electron chi connectivity index (χ2n) is 5.74. The van der Waals surface area contributed by atoms with Gasteiger partial charge in [0.1, 0.15) is 0 Å². The topological polar surface area (TPSA) is 73.2 Å². The average molecular weight is 357 g/mol. The zero-order valence-electron chi connectivity index (χ0n) is 14.6. The van der Waals surface area contributed by atoms with Crippen LogP contribution in [0.4, 0.5) is 0 Å². The molecule has 25 heavy (non-hydrogen) atoms. The average Bonchev–Trinajstić information content (AvgIpc) is 2.65. The predicted octanol–water partition coefficient (Wildman–Crippen LogP) is 2.88. The molecule has 0 spiro atoms. The minimum absolute atomic E-state index is 0.102. The minimum atomic E-state index is -3.64. The maximum atomic E-state index is 12.3. The SMILES string of the molecule is CCN(CC)Cc1ccc(CNS(=O)(=O)c2cccc(C#N)c2)cc1. The minimum Gasteiger partial charge on any atom is -0.300 e. The third-order valence-corrected chi connectivity index (χ3v) is 5.46. The van der Waals surface area contributed by atoms with Crippen molar-refractivity contribution >= 4 is 10.0 Å². The molecule has 2 aromatic rings. The van der Waals surface area contributed by atoms with Crippen LogP contribution in [0.3, 0.4) is 0 Å². The Morgan fingerprint density at radius 2 is 1.68 bits per heavy atom. The van der Waals surface area contributed by atoms with Gasteiger partial charge < -0.3 is 0 Å². The standard InChI is InChI=1S/C19H23N3O2S/c1-3-22(4-2)15-17-10-8-16(9-11-17)14-21-25(23,24)19-7-5-6-18(12-19)13-20/h5-12,21H,3-4,14-15H2,1-2H3. The molecule has 0 aliphatic rings. The molecule has 5 nitrogen and oxygen atoms in total. The number of rotatable bonds is 8. The zero-order valence-corrected chi connectivity index (χ0v) is 15.4. The Bertz CT molecular complexity index is 836. The van der Waals surface area contributed by atoms with Crippen molar-refractivity contribution < 1.29 is 8.42 Å². The van der Waals surface area contributed by atoms with Crippen LogP contribution in [0.5, 0.6) is 0 Å². The summed E-state index contributed by atoms with van der Waals surface area (Å²) in [4.78, 5) is 2.42. The first kappa shape index (κ1) is 19.1. The van der Waals surface area contributed by atoms with E-state index in [0.717, 1.165) is 25.2 Å². The van der Waals surface area contributed by atoms with E-state index >= 15 is 0 Å². The van der Waals surface area contributed by atoms with E-state index in [2.05, 4.69) is 23.5 Å². The summed E-state index contributed by atoms with van der Waals surface area (Å²) >= 11 is 0. The van der Waals surface area contributed by atoms with Crippen molar-refractivity contribution in [1.29, 1.82) is 5.26 Å². The van der Waals surface area contributed by atoms with E-state index in [-0.39, 0.29) is 11.4 Å². The Kier molecular flexibility index (Phi) is 6.71. The molecule has 0 aliphatic carbocycles. The van der Waals surface area contributed by atoms with Gasteiger partial charge in [-0.25, -0.2) is 13.1 Å². The third-order valence-electron chi connectivity index (χ3n) is 4.06. The molecule has 0 atom stereocenters. The molecule has 0 amide bonds. The van der Waals surface area contributed by atoms with Gasteiger partial charge in [-0.1, -0.05) is 44.2 Å². The predicted molar refractivity (Wildman–Crippen MR) is 98.2 cm³/mol. The molecule has 0 heterocycles. The summed E-state index contributed by atoms with van der Waals surface area (Å²) in [6.07, 6.45) is 0. The van der Waals surface area contributed by atoms with Crippen LogP contribution in [0, 0.1) is 11.3 Å². The maximum Gasteiger partial charge on any atom is 0.240 e. The second-order valence-corrected chi connectivity index (χ2v) is 7.51. The van der Waals surface area contributed by atoms with Crippen molar-refractivity contribution in [1.82, 2.24) is 9.62 Å². The number of nitrogens with zero attached hydrogens (tertiary/aromatic N) is 2. The molecule has 6 heteroatoms. The monoisotopic (exact) mass is 357 g/mol. The largest absolute Gasteiger partial charge is 0.300 e. The molecule has 0 fully saturated rings. The lowest BCUT2D eigenvalue weighted by Crippen LogP contribution is -2.23. The molecule has 1 N–H and O–H groups in total. The molecule has 0 saturated carbocycles. The van der Waals surface area contributed by atoms with Gasteiger partial charge in [0.15, 0.2) is 0 Å². The molecule has 2 aromatic carbocycles. The summed E-state index contributed by atoms with van der Waals surface area (Å²) in [6, 6.07) is 15.9. The van der Waals surface area contributed by atoms with Gasteiger partial charge in [0, 0.05) is 13.1 Å². The van der Waals surface area contributed by atoms with Crippen molar-refractivity contribution in [3.05, 3.63) is 65.2 Å². The van der Waals surface area contributed by atoms with Gasteiger partial charge in [-0.2, -0.15) is 5.26 Å². The Hall–Kier alpha value is -2.20. The van der Waals surface area contributed by atoms with Crippen molar-refractivity contribution in [3.63, 3.8) is 0 Å². The third kappa shape index (κ3) is 5.40. The summed E-state index contributed by atoms with van der Waals surface area (Å²) in [5, 5.41) is 8.89. The quantitative estimate of drug-likeness (QED) is 0.788. The van der Waals surface area contributed by atoms with E-state index in [0.29, 0.717) is 5.56 Å². The van der Waals surface area contributed by atoms with Crippen molar-refractivity contribution in [2.75, 3.05) is 13.1 Å². The maximum absolute atomic E-state index is 12.3. The van der Waals surface area contributed by atoms with Crippen LogP contribution in [0.25, 0.3) is 0 Å². The van der Waals surface area contributed by atoms with Crippen LogP contribution in [0.2, 0.25) is 0 Å². The van der Waals surface area contributed by atoms with Crippen LogP contribution >= 0.6 is 0 Å². The van der Waals surface area contributed by atoms with Crippen LogP contribution in [-0.2, 0) is 23.1 Å². The normalized spacial score (nSPS) is 11.4. The van der Waals surface area contributed by atoms with E-state index in [1.165, 1.54) is 17.7 Å². The fraction of sp³-hybridized carbons (Fsp3) is 0.316. The first-order valence-corrected chi connectivity index (χ1v) is 9.76. The number of benzene rings is 2. The van der Waals surface area contributed by atoms with Crippen LogP contribution < -0.4 is 4.72 Å². The molecule has 0 saturated heterocycles. The summed E-state index contributed by atoms with van der Waals surface area (Å²) < 4.78 is 27.3. The van der Waals surface area contributed by atoms with Gasteiger partial charge in [0.2, 0.25) is 10.0 Å². The van der Waals surface area contributed by atoms with Crippen LogP contribution in [-0.4, -0.2) is 26.4 Å². The number of nitrogens with one attached hydrogen (secondary N) is 1. The van der Waals surface area contributed by atoms with E-state index in [4.69, 9.17) is 5.26 Å². The van der Waals surface area contributed by atoms with Crippen LogP contribution in [0.1, 0.15) is 30.5 Å². The Morgan fingerprint density at radius 3 is 2.28 bits per heavy atom. The molecular weight excluding hydrogens is 334 g/mol. The first-order chi connectivity index (χ1) is 12.0. The number of nitriles is 1. The van der Waals surface area contributed by atoms with Gasteiger partial charge in [-0.3, -0.25) is 4.90 Å². The van der Waals surface area contributed by atoms with Crippen LogP contribution in [0.15, 0.2) is 53.4 Å². The van der Waals surface area contributed by atoms with E-state index in [9.17, 15) is 8.42 Å². The summed E-state index contributed by atoms with van der Waals surface area (Å²) in [7, 11) is -3.64. The van der Waals surface area contributed by atoms with Gasteiger partial charge in [-0.15, -0.1) is 0 Å². The smallest absolute Gasteiger partial charge is 0.240 e. The molecule has 2 rings (SSSR count). The highest BCUT2D eigenvalue weighted by Crippen LogP contribution is 2.12. The Labute approximate surface area is 150 Å². The molecule has 0 bridgehead atoms. The molecule has 0 aromatic heterocycles. The summed E-state index contributed by atoms with van der Waals surface area (Å²) in [5.41, 5.74) is 2.42. The Balaban J connectivity index is 2.01. The van der Waals surface area contributed by atoms with Crippen molar-refractivity contribution in [2.24, 2.45) is 0 Å². The Morgan fingerprint density at radius 1 is 1.04 bits per heavy atom. The van der Waals surface area contributed by atoms with E-state index in [1.54, 1.807) is 12.1 Å². The first-order valence-electron chi connectivity index (χ1n) is 8.28. The van der Waals surface area contributed by atoms with Gasteiger partial charge in [0.25, 0.3) is 0 Å². The van der Waals surface area contributed by atoms with Gasteiger partial charge >= 0.3 is 0 Å². The lowest BCUT2D eigenvalue weighted by molar-refractivity contribution is 0.296. The van der Waals surface area contributed by atoms with E-state index < -0.39 is 10.0 Å². The van der Waals surface area contributed by atoms with Crippen molar-refractivity contribution in [3.8, 4) is 6.07 Å². The number of hydrogen-bond donors (Lipinski definition) is 1. The van der Waals surface area contributed by atoms with Gasteiger partial charge in [0.05, 0.1) is 16.5 Å². The highest BCUT2D eigenvalue weighted by Gasteiger charge is 2.14. The lowest BCUT2D eigenvalue weighted by Gasteiger charge is -2.18. The van der Waals surface area contributed by atoms with Gasteiger partial charge in [-0.05, 0) is 42.4 Å². The highest BCUT2D eigenvalue weighted by atomic mass is 32.2. The second kappa shape index (κ2) is 8.77. The van der Waals surface area contributed by atoms with E-state index in [1.807, 2.05) is 30.3 Å². The fourth-order valence-corrected chi connectivity index (χ4v) is 3.53. The molecular formula is C19H23N3O2S. The highest BCUT2D eigenvalue weighted by molar-refractivity contribution is 7.89. The lowest BCUT2D eigenvalue weighted by atomic mass is 10.1. The van der Waals surface area contributed by atoms with Crippen molar-refractivity contribution in [2.45, 2.75) is 31.8 Å². The fourth-order valence-electron chi connectivity index (χ4n) is 2.46. The zero-order chi connectivity index (χ0) is 18.3. The molecule has 132 valence electrons. The molecule has 0 unspecified atom stereocenters.